The number of fused-ring (bicyclic) bond motifs is 2. The molecular formula is C42H42O2S2. The molecule has 0 spiro atoms. The van der Waals surface area contributed by atoms with Gasteiger partial charge in [0.25, 0.3) is 0 Å². The molecule has 46 heavy (non-hydrogen) atoms. The van der Waals surface area contributed by atoms with Crippen molar-refractivity contribution in [2.24, 2.45) is 0 Å². The minimum absolute atomic E-state index is 0.0774. The zero-order valence-corrected chi connectivity index (χ0v) is 29.1. The lowest BCUT2D eigenvalue weighted by molar-refractivity contribution is 0.240. The van der Waals surface area contributed by atoms with Crippen LogP contribution in [0.1, 0.15) is 63.2 Å². The van der Waals surface area contributed by atoms with E-state index in [1.54, 1.807) is 0 Å². The van der Waals surface area contributed by atoms with E-state index in [2.05, 4.69) is 163 Å². The number of benzene rings is 6. The monoisotopic (exact) mass is 642 g/mol. The molecule has 234 valence electrons. The predicted molar refractivity (Wildman–Crippen MR) is 202 cm³/mol. The molecule has 0 amide bonds. The normalized spacial score (nSPS) is 13.0. The molecule has 6 aromatic rings. The first-order valence-electron chi connectivity index (χ1n) is 16.2. The lowest BCUT2D eigenvalue weighted by Gasteiger charge is -2.25. The van der Waals surface area contributed by atoms with Crippen molar-refractivity contribution >= 4 is 43.1 Å². The smallest absolute Gasteiger partial charge is 0.124 e. The molecule has 0 N–H and O–H groups in total. The van der Waals surface area contributed by atoms with Crippen LogP contribution in [-0.2, 0) is 0 Å². The molecule has 0 saturated heterocycles. The van der Waals surface area contributed by atoms with Gasteiger partial charge in [0.05, 0.1) is 12.2 Å². The van der Waals surface area contributed by atoms with E-state index < -0.39 is 0 Å². The summed E-state index contributed by atoms with van der Waals surface area (Å²) in [5.41, 5.74) is 7.39. The second kappa shape index (κ2) is 14.3. The highest BCUT2D eigenvalue weighted by Gasteiger charge is 2.24. The Kier molecular flexibility index (Phi) is 9.96. The minimum Gasteiger partial charge on any atom is -0.491 e. The topological polar surface area (TPSA) is 18.5 Å². The van der Waals surface area contributed by atoms with E-state index >= 15 is 0 Å². The molecular weight excluding hydrogens is 601 g/mol. The maximum atomic E-state index is 6.47. The van der Waals surface area contributed by atoms with Crippen molar-refractivity contribution in [2.75, 3.05) is 0 Å². The van der Waals surface area contributed by atoms with Crippen molar-refractivity contribution in [1.29, 1.82) is 0 Å². The summed E-state index contributed by atoms with van der Waals surface area (Å²) in [7, 11) is 3.81. The van der Waals surface area contributed by atoms with Gasteiger partial charge >= 0.3 is 0 Å². The summed E-state index contributed by atoms with van der Waals surface area (Å²) >= 11 is 0. The van der Waals surface area contributed by atoms with E-state index in [1.165, 1.54) is 54.9 Å². The molecule has 0 unspecified atom stereocenters. The Morgan fingerprint density at radius 2 is 0.739 bits per heavy atom. The summed E-state index contributed by atoms with van der Waals surface area (Å²) in [6.07, 6.45) is 0.155. The molecule has 2 nitrogen and oxygen atoms in total. The molecule has 0 fully saturated rings. The zero-order chi connectivity index (χ0) is 32.2. The Hall–Kier alpha value is -3.86. The first-order valence-corrected chi connectivity index (χ1v) is 18.5. The Labute approximate surface area is 281 Å². The van der Waals surface area contributed by atoms with Gasteiger partial charge in [-0.1, -0.05) is 131 Å². The first kappa shape index (κ1) is 32.1. The van der Waals surface area contributed by atoms with Crippen LogP contribution < -0.4 is 9.47 Å². The standard InChI is InChI=1S/C42H42O2S2/c1-27(2)43-39-25-13-23-37(35-21-11-17-31-15-7-9-19-33(31)35)41(39)29(5)45-46-30(6)42-38(24-14-26-40(42)44-28(3)4)36-22-12-18-32-16-8-10-20-34(32)36/h7-30H,1-6H3/t29-,30-/m1/s1. The summed E-state index contributed by atoms with van der Waals surface area (Å²) in [6, 6.07) is 43.5. The molecule has 0 bridgehead atoms. The van der Waals surface area contributed by atoms with Crippen molar-refractivity contribution in [3.8, 4) is 33.8 Å². The van der Waals surface area contributed by atoms with Crippen LogP contribution in [0.4, 0.5) is 0 Å². The van der Waals surface area contributed by atoms with Gasteiger partial charge in [-0.05, 0) is 97.5 Å². The fourth-order valence-electron chi connectivity index (χ4n) is 6.29. The highest BCUT2D eigenvalue weighted by atomic mass is 33.1. The van der Waals surface area contributed by atoms with Gasteiger partial charge in [0.2, 0.25) is 0 Å². The lowest BCUT2D eigenvalue weighted by atomic mass is 9.93. The van der Waals surface area contributed by atoms with E-state index in [9.17, 15) is 0 Å². The average molecular weight is 643 g/mol. The van der Waals surface area contributed by atoms with Crippen LogP contribution >= 0.6 is 21.6 Å². The molecule has 6 rings (SSSR count). The molecule has 0 radical (unpaired) electrons. The number of ether oxygens (including phenoxy) is 2. The van der Waals surface area contributed by atoms with Gasteiger partial charge in [0, 0.05) is 21.6 Å². The molecule has 6 aromatic carbocycles. The quantitative estimate of drug-likeness (QED) is 0.131. The Balaban J connectivity index is 1.39. The molecule has 0 saturated carbocycles. The van der Waals surface area contributed by atoms with Crippen LogP contribution in [-0.4, -0.2) is 12.2 Å². The predicted octanol–water partition coefficient (Wildman–Crippen LogP) is 13.1. The third-order valence-electron chi connectivity index (χ3n) is 8.17. The van der Waals surface area contributed by atoms with Gasteiger partial charge in [0.15, 0.2) is 0 Å². The van der Waals surface area contributed by atoms with Crippen LogP contribution in [0, 0.1) is 0 Å². The second-order valence-electron chi connectivity index (χ2n) is 12.3. The first-order chi connectivity index (χ1) is 22.3. The highest BCUT2D eigenvalue weighted by Crippen LogP contribution is 2.53. The van der Waals surface area contributed by atoms with Crippen molar-refractivity contribution in [3.63, 3.8) is 0 Å². The van der Waals surface area contributed by atoms with Crippen molar-refractivity contribution < 1.29 is 9.47 Å². The number of hydrogen-bond donors (Lipinski definition) is 0. The largest absolute Gasteiger partial charge is 0.491 e. The average Bonchev–Trinajstić information content (AvgIpc) is 3.06. The van der Waals surface area contributed by atoms with Gasteiger partial charge in [-0.2, -0.15) is 0 Å². The second-order valence-corrected chi connectivity index (χ2v) is 15.3. The fraction of sp³-hybridized carbons (Fsp3) is 0.238. The van der Waals surface area contributed by atoms with Crippen LogP contribution in [0.3, 0.4) is 0 Å². The minimum atomic E-state index is 0.0774. The molecule has 4 heteroatoms. The Morgan fingerprint density at radius 1 is 0.391 bits per heavy atom. The van der Waals surface area contributed by atoms with Crippen molar-refractivity contribution in [1.82, 2.24) is 0 Å². The summed E-state index contributed by atoms with van der Waals surface area (Å²) in [5.74, 6) is 1.90. The molecule has 0 aliphatic heterocycles. The Morgan fingerprint density at radius 3 is 1.15 bits per heavy atom. The van der Waals surface area contributed by atoms with Gasteiger partial charge in [-0.15, -0.1) is 0 Å². The summed E-state index contributed by atoms with van der Waals surface area (Å²) in [6.45, 7) is 13.0. The van der Waals surface area contributed by atoms with Gasteiger partial charge in [-0.25, -0.2) is 0 Å². The van der Waals surface area contributed by atoms with Gasteiger partial charge in [0.1, 0.15) is 11.5 Å². The summed E-state index contributed by atoms with van der Waals surface area (Å²) in [5, 5.41) is 5.32. The summed E-state index contributed by atoms with van der Waals surface area (Å²) in [4.78, 5) is 0. The van der Waals surface area contributed by atoms with Crippen LogP contribution in [0.5, 0.6) is 11.5 Å². The maximum Gasteiger partial charge on any atom is 0.124 e. The molecule has 2 atom stereocenters. The number of rotatable bonds is 11. The van der Waals surface area contributed by atoms with E-state index in [1.807, 2.05) is 21.6 Å². The third kappa shape index (κ3) is 6.79. The SMILES string of the molecule is CC(C)Oc1cccc(-c2cccc3ccccc23)c1[C@@H](C)SS[C@H](C)c1c(OC(C)C)cccc1-c1cccc2ccccc12. The zero-order valence-electron chi connectivity index (χ0n) is 27.5. The van der Waals surface area contributed by atoms with Gasteiger partial charge in [-0.3, -0.25) is 0 Å². The van der Waals surface area contributed by atoms with Crippen LogP contribution in [0.25, 0.3) is 43.8 Å². The number of hydrogen-bond acceptors (Lipinski definition) is 4. The lowest BCUT2D eigenvalue weighted by Crippen LogP contribution is -2.09. The van der Waals surface area contributed by atoms with Gasteiger partial charge < -0.3 is 9.47 Å². The summed E-state index contributed by atoms with van der Waals surface area (Å²) < 4.78 is 12.9. The molecule has 0 heterocycles. The fourth-order valence-corrected chi connectivity index (χ4v) is 8.88. The maximum absolute atomic E-state index is 6.47. The molecule has 0 aromatic heterocycles. The van der Waals surface area contributed by atoms with Crippen LogP contribution in [0.15, 0.2) is 121 Å². The van der Waals surface area contributed by atoms with E-state index in [0.717, 1.165) is 11.5 Å². The van der Waals surface area contributed by atoms with Crippen molar-refractivity contribution in [3.05, 3.63) is 132 Å². The van der Waals surface area contributed by atoms with E-state index in [-0.39, 0.29) is 22.7 Å². The van der Waals surface area contributed by atoms with E-state index in [4.69, 9.17) is 9.47 Å². The van der Waals surface area contributed by atoms with Crippen LogP contribution in [0.2, 0.25) is 0 Å². The highest BCUT2D eigenvalue weighted by molar-refractivity contribution is 8.76. The molecule has 0 aliphatic carbocycles. The van der Waals surface area contributed by atoms with Crippen molar-refractivity contribution in [2.45, 2.75) is 64.3 Å². The van der Waals surface area contributed by atoms with E-state index in [0.29, 0.717) is 0 Å². The molecule has 0 aliphatic rings. The Bertz CT molecular complexity index is 1810. The third-order valence-corrected chi connectivity index (χ3v) is 11.4.